The average Bonchev–Trinajstić information content (AvgIpc) is 2.65. The van der Waals surface area contributed by atoms with Crippen LogP contribution >= 0.6 is 0 Å². The van der Waals surface area contributed by atoms with Gasteiger partial charge in [0.2, 0.25) is 0 Å². The summed E-state index contributed by atoms with van der Waals surface area (Å²) < 4.78 is 2.12. The molecule has 0 aromatic carbocycles. The Hall–Kier alpha value is -0.830. The van der Waals surface area contributed by atoms with Gasteiger partial charge in [-0.05, 0) is 13.0 Å². The standard InChI is InChI=1S/C13H25N3/c1-4-6-7-8-12(14-5-2)11-13-15-9-10-16(13)3/h9-10,12,14H,4-8,11H2,1-3H3. The van der Waals surface area contributed by atoms with Gasteiger partial charge in [0.1, 0.15) is 5.82 Å². The zero-order valence-corrected chi connectivity index (χ0v) is 10.9. The molecule has 0 saturated heterocycles. The van der Waals surface area contributed by atoms with Crippen LogP contribution in [-0.4, -0.2) is 22.1 Å². The van der Waals surface area contributed by atoms with Crippen LogP contribution in [0.1, 0.15) is 45.4 Å². The molecule has 1 aromatic rings. The Morgan fingerprint density at radius 3 is 2.75 bits per heavy atom. The summed E-state index contributed by atoms with van der Waals surface area (Å²) in [6.45, 7) is 5.47. The lowest BCUT2D eigenvalue weighted by atomic mass is 10.1. The highest BCUT2D eigenvalue weighted by molar-refractivity contribution is 4.94. The number of nitrogens with zero attached hydrogens (tertiary/aromatic N) is 2. The maximum Gasteiger partial charge on any atom is 0.109 e. The van der Waals surface area contributed by atoms with E-state index in [1.807, 2.05) is 12.4 Å². The fraction of sp³-hybridized carbons (Fsp3) is 0.769. The van der Waals surface area contributed by atoms with Gasteiger partial charge >= 0.3 is 0 Å². The third-order valence-electron chi connectivity index (χ3n) is 3.00. The first-order valence-electron chi connectivity index (χ1n) is 6.47. The lowest BCUT2D eigenvalue weighted by Crippen LogP contribution is -2.31. The van der Waals surface area contributed by atoms with Gasteiger partial charge in [-0.15, -0.1) is 0 Å². The maximum atomic E-state index is 4.39. The zero-order chi connectivity index (χ0) is 11.8. The Balaban J connectivity index is 2.41. The summed E-state index contributed by atoms with van der Waals surface area (Å²) in [6, 6.07) is 0.581. The van der Waals surface area contributed by atoms with Gasteiger partial charge in [-0.1, -0.05) is 33.1 Å². The van der Waals surface area contributed by atoms with Crippen LogP contribution in [0.3, 0.4) is 0 Å². The number of nitrogens with one attached hydrogen (secondary N) is 1. The smallest absolute Gasteiger partial charge is 0.109 e. The topological polar surface area (TPSA) is 29.9 Å². The van der Waals surface area contributed by atoms with Crippen molar-refractivity contribution in [2.75, 3.05) is 6.54 Å². The maximum absolute atomic E-state index is 4.39. The van der Waals surface area contributed by atoms with Crippen LogP contribution in [0.15, 0.2) is 12.4 Å². The van der Waals surface area contributed by atoms with Crippen molar-refractivity contribution in [1.29, 1.82) is 0 Å². The third-order valence-corrected chi connectivity index (χ3v) is 3.00. The molecule has 1 rings (SSSR count). The quantitative estimate of drug-likeness (QED) is 0.686. The Morgan fingerprint density at radius 2 is 2.19 bits per heavy atom. The monoisotopic (exact) mass is 223 g/mol. The molecule has 0 fully saturated rings. The van der Waals surface area contributed by atoms with Crippen molar-refractivity contribution < 1.29 is 0 Å². The second kappa shape index (κ2) is 7.44. The number of aryl methyl sites for hydroxylation is 1. The van der Waals surface area contributed by atoms with Crippen molar-refractivity contribution in [3.05, 3.63) is 18.2 Å². The number of unbranched alkanes of at least 4 members (excludes halogenated alkanes) is 2. The molecule has 0 spiro atoms. The number of aromatic nitrogens is 2. The number of rotatable bonds is 8. The van der Waals surface area contributed by atoms with Crippen LogP contribution in [0.5, 0.6) is 0 Å². The zero-order valence-electron chi connectivity index (χ0n) is 10.9. The van der Waals surface area contributed by atoms with Crippen molar-refractivity contribution in [1.82, 2.24) is 14.9 Å². The van der Waals surface area contributed by atoms with Crippen LogP contribution in [0.2, 0.25) is 0 Å². The minimum Gasteiger partial charge on any atom is -0.338 e. The Kier molecular flexibility index (Phi) is 6.16. The van der Waals surface area contributed by atoms with Crippen molar-refractivity contribution in [3.63, 3.8) is 0 Å². The summed E-state index contributed by atoms with van der Waals surface area (Å²) >= 11 is 0. The van der Waals surface area contributed by atoms with Crippen molar-refractivity contribution >= 4 is 0 Å². The van der Waals surface area contributed by atoms with Gasteiger partial charge in [0.15, 0.2) is 0 Å². The van der Waals surface area contributed by atoms with Crippen LogP contribution in [0.4, 0.5) is 0 Å². The highest BCUT2D eigenvalue weighted by atomic mass is 15.0. The van der Waals surface area contributed by atoms with E-state index in [-0.39, 0.29) is 0 Å². The first kappa shape index (κ1) is 13.2. The molecule has 1 atom stereocenters. The minimum atomic E-state index is 0.581. The second-order valence-electron chi connectivity index (χ2n) is 4.41. The average molecular weight is 223 g/mol. The van der Waals surface area contributed by atoms with Crippen molar-refractivity contribution in [3.8, 4) is 0 Å². The molecular formula is C13H25N3. The predicted octanol–water partition coefficient (Wildman–Crippen LogP) is 2.52. The van der Waals surface area contributed by atoms with E-state index in [2.05, 4.69) is 35.8 Å². The predicted molar refractivity (Wildman–Crippen MR) is 68.5 cm³/mol. The Labute approximate surface area is 99.3 Å². The van der Waals surface area contributed by atoms with E-state index in [0.29, 0.717) is 6.04 Å². The molecule has 92 valence electrons. The van der Waals surface area contributed by atoms with Gasteiger partial charge in [-0.25, -0.2) is 4.98 Å². The Bertz CT molecular complexity index is 280. The summed E-state index contributed by atoms with van der Waals surface area (Å²) in [7, 11) is 2.07. The first-order chi connectivity index (χ1) is 7.77. The van der Waals surface area contributed by atoms with E-state index in [0.717, 1.165) is 13.0 Å². The Morgan fingerprint density at radius 1 is 1.38 bits per heavy atom. The largest absolute Gasteiger partial charge is 0.338 e. The molecule has 1 heterocycles. The molecule has 0 aliphatic carbocycles. The lowest BCUT2D eigenvalue weighted by Gasteiger charge is -2.17. The summed E-state index contributed by atoms with van der Waals surface area (Å²) in [5.74, 6) is 1.18. The lowest BCUT2D eigenvalue weighted by molar-refractivity contribution is 0.455. The molecule has 0 aliphatic rings. The number of hydrogen-bond donors (Lipinski definition) is 1. The van der Waals surface area contributed by atoms with E-state index < -0.39 is 0 Å². The number of hydrogen-bond acceptors (Lipinski definition) is 2. The summed E-state index contributed by atoms with van der Waals surface area (Å²) in [5, 5.41) is 3.55. The summed E-state index contributed by atoms with van der Waals surface area (Å²) in [6.07, 6.45) is 10.1. The molecule has 1 N–H and O–H groups in total. The number of likely N-dealkylation sites (N-methyl/N-ethyl adjacent to an activating group) is 1. The molecule has 3 nitrogen and oxygen atoms in total. The van der Waals surface area contributed by atoms with Gasteiger partial charge in [-0.2, -0.15) is 0 Å². The minimum absolute atomic E-state index is 0.581. The molecule has 0 aliphatic heterocycles. The van der Waals surface area contributed by atoms with E-state index in [4.69, 9.17) is 0 Å². The summed E-state index contributed by atoms with van der Waals surface area (Å²) in [4.78, 5) is 4.39. The first-order valence-corrected chi connectivity index (χ1v) is 6.47. The van der Waals surface area contributed by atoms with Gasteiger partial charge in [-0.3, -0.25) is 0 Å². The van der Waals surface area contributed by atoms with E-state index in [1.54, 1.807) is 0 Å². The van der Waals surface area contributed by atoms with Gasteiger partial charge in [0.25, 0.3) is 0 Å². The SMILES string of the molecule is CCCCCC(Cc1nccn1C)NCC. The molecule has 0 amide bonds. The second-order valence-corrected chi connectivity index (χ2v) is 4.41. The number of imidazole rings is 1. The highest BCUT2D eigenvalue weighted by Gasteiger charge is 2.10. The molecule has 0 bridgehead atoms. The normalized spacial score (nSPS) is 12.9. The molecule has 16 heavy (non-hydrogen) atoms. The molecule has 0 saturated carbocycles. The molecular weight excluding hydrogens is 198 g/mol. The molecule has 1 unspecified atom stereocenters. The van der Waals surface area contributed by atoms with Crippen LogP contribution in [-0.2, 0) is 13.5 Å². The molecule has 3 heteroatoms. The van der Waals surface area contributed by atoms with E-state index in [9.17, 15) is 0 Å². The fourth-order valence-corrected chi connectivity index (χ4v) is 2.02. The van der Waals surface area contributed by atoms with Gasteiger partial charge in [0, 0.05) is 31.9 Å². The van der Waals surface area contributed by atoms with Crippen molar-refractivity contribution in [2.24, 2.45) is 7.05 Å². The van der Waals surface area contributed by atoms with Crippen molar-refractivity contribution in [2.45, 2.75) is 52.0 Å². The highest BCUT2D eigenvalue weighted by Crippen LogP contribution is 2.08. The van der Waals surface area contributed by atoms with E-state index >= 15 is 0 Å². The van der Waals surface area contributed by atoms with E-state index in [1.165, 1.54) is 31.5 Å². The van der Waals surface area contributed by atoms with Crippen LogP contribution < -0.4 is 5.32 Å². The van der Waals surface area contributed by atoms with Gasteiger partial charge < -0.3 is 9.88 Å². The molecule has 0 radical (unpaired) electrons. The fourth-order valence-electron chi connectivity index (χ4n) is 2.02. The van der Waals surface area contributed by atoms with Crippen LogP contribution in [0.25, 0.3) is 0 Å². The van der Waals surface area contributed by atoms with Gasteiger partial charge in [0.05, 0.1) is 0 Å². The summed E-state index contributed by atoms with van der Waals surface area (Å²) in [5.41, 5.74) is 0. The molecule has 1 aromatic heterocycles. The third kappa shape index (κ3) is 4.35. The van der Waals surface area contributed by atoms with Crippen LogP contribution in [0, 0.1) is 0 Å².